The van der Waals surface area contributed by atoms with Gasteiger partial charge in [-0.2, -0.15) is 0 Å². The van der Waals surface area contributed by atoms with Crippen LogP contribution in [-0.4, -0.2) is 15.6 Å². The van der Waals surface area contributed by atoms with E-state index in [1.807, 2.05) is 65.1 Å². The lowest BCUT2D eigenvalue weighted by Crippen LogP contribution is -2.25. The number of nitrogens with zero attached hydrogens (tertiary/aromatic N) is 2. The first kappa shape index (κ1) is 21.2. The molecule has 4 nitrogen and oxygen atoms in total. The normalized spacial score (nSPS) is 11.3. The zero-order valence-corrected chi connectivity index (χ0v) is 19.8. The SMILES string of the molecule is O=c1c2ccccc2n2c(=S)sc(-c3ccc(Cl)cc3Cl)c2n1CCOc1ccccc1. The maximum Gasteiger partial charge on any atom is 0.261 e. The molecule has 5 rings (SSSR count). The van der Waals surface area contributed by atoms with Crippen molar-refractivity contribution in [3.63, 3.8) is 0 Å². The molecule has 160 valence electrons. The molecule has 3 aromatic carbocycles. The number of fused-ring (bicyclic) bond motifs is 3. The summed E-state index contributed by atoms with van der Waals surface area (Å²) < 4.78 is 10.2. The largest absolute Gasteiger partial charge is 0.492 e. The van der Waals surface area contributed by atoms with Gasteiger partial charge in [-0.05, 0) is 48.6 Å². The number of rotatable bonds is 5. The highest BCUT2D eigenvalue weighted by molar-refractivity contribution is 7.73. The summed E-state index contributed by atoms with van der Waals surface area (Å²) in [6.07, 6.45) is 0. The quantitative estimate of drug-likeness (QED) is 0.242. The lowest BCUT2D eigenvalue weighted by atomic mass is 10.2. The van der Waals surface area contributed by atoms with Crippen molar-refractivity contribution in [1.82, 2.24) is 8.97 Å². The summed E-state index contributed by atoms with van der Waals surface area (Å²) in [7, 11) is 0. The predicted octanol–water partition coefficient (Wildman–Crippen LogP) is 7.10. The third kappa shape index (κ3) is 3.73. The molecule has 0 saturated carbocycles. The van der Waals surface area contributed by atoms with Crippen LogP contribution in [0.4, 0.5) is 0 Å². The van der Waals surface area contributed by atoms with Crippen LogP contribution in [0, 0.1) is 3.95 Å². The van der Waals surface area contributed by atoms with Gasteiger partial charge in [0.1, 0.15) is 18.0 Å². The molecular weight excluding hydrogens is 483 g/mol. The Labute approximate surface area is 202 Å². The topological polar surface area (TPSA) is 35.6 Å². The van der Waals surface area contributed by atoms with Crippen molar-refractivity contribution in [2.45, 2.75) is 6.54 Å². The number of hydrogen-bond donors (Lipinski definition) is 0. The second kappa shape index (κ2) is 8.71. The molecule has 0 atom stereocenters. The Morgan fingerprint density at radius 1 is 0.969 bits per heavy atom. The van der Waals surface area contributed by atoms with Crippen molar-refractivity contribution >= 4 is 63.3 Å². The Bertz CT molecular complexity index is 1570. The van der Waals surface area contributed by atoms with E-state index in [1.54, 1.807) is 16.7 Å². The highest BCUT2D eigenvalue weighted by Crippen LogP contribution is 2.38. The van der Waals surface area contributed by atoms with Gasteiger partial charge in [0.15, 0.2) is 3.95 Å². The maximum atomic E-state index is 13.5. The van der Waals surface area contributed by atoms with Gasteiger partial charge in [-0.25, -0.2) is 0 Å². The van der Waals surface area contributed by atoms with Crippen LogP contribution < -0.4 is 10.3 Å². The van der Waals surface area contributed by atoms with Gasteiger partial charge in [0.25, 0.3) is 5.56 Å². The lowest BCUT2D eigenvalue weighted by molar-refractivity contribution is 0.298. The van der Waals surface area contributed by atoms with Crippen molar-refractivity contribution in [2.75, 3.05) is 6.61 Å². The number of para-hydroxylation sites is 2. The minimum Gasteiger partial charge on any atom is -0.492 e. The first-order valence-electron chi connectivity index (χ1n) is 9.85. The number of hydrogen-bond acceptors (Lipinski definition) is 4. The summed E-state index contributed by atoms with van der Waals surface area (Å²) in [5.41, 5.74) is 2.15. The number of aromatic nitrogens is 2. The fourth-order valence-corrected chi connectivity index (χ4v) is 5.77. The summed E-state index contributed by atoms with van der Waals surface area (Å²) in [5, 5.41) is 1.65. The van der Waals surface area contributed by atoms with E-state index in [9.17, 15) is 4.79 Å². The van der Waals surface area contributed by atoms with Crippen molar-refractivity contribution in [2.24, 2.45) is 0 Å². The Balaban J connectivity index is 1.74. The van der Waals surface area contributed by atoms with Crippen molar-refractivity contribution in [3.8, 4) is 16.2 Å². The van der Waals surface area contributed by atoms with Crippen LogP contribution in [0.2, 0.25) is 10.0 Å². The predicted molar refractivity (Wildman–Crippen MR) is 135 cm³/mol. The zero-order valence-electron chi connectivity index (χ0n) is 16.6. The van der Waals surface area contributed by atoms with Gasteiger partial charge in [-0.3, -0.25) is 13.8 Å². The Kier molecular flexibility index (Phi) is 5.78. The van der Waals surface area contributed by atoms with E-state index in [1.165, 1.54) is 11.3 Å². The number of benzene rings is 3. The van der Waals surface area contributed by atoms with Crippen LogP contribution in [0.25, 0.3) is 27.0 Å². The molecule has 0 fully saturated rings. The molecule has 5 aromatic rings. The highest BCUT2D eigenvalue weighted by atomic mass is 35.5. The third-order valence-corrected chi connectivity index (χ3v) is 7.11. The molecule has 0 radical (unpaired) electrons. The molecule has 0 aliphatic carbocycles. The van der Waals surface area contributed by atoms with Crippen molar-refractivity contribution in [3.05, 3.63) is 97.1 Å². The minimum atomic E-state index is -0.101. The van der Waals surface area contributed by atoms with Gasteiger partial charge < -0.3 is 4.74 Å². The number of thiazole rings is 1. The Morgan fingerprint density at radius 3 is 2.50 bits per heavy atom. The summed E-state index contributed by atoms with van der Waals surface area (Å²) in [6.45, 7) is 0.681. The molecule has 0 unspecified atom stereocenters. The van der Waals surface area contributed by atoms with Crippen molar-refractivity contribution in [1.29, 1.82) is 0 Å². The number of ether oxygens (including phenoxy) is 1. The Morgan fingerprint density at radius 2 is 1.72 bits per heavy atom. The van der Waals surface area contributed by atoms with Crippen LogP contribution in [-0.2, 0) is 6.54 Å². The number of halogens is 2. The first-order valence-corrected chi connectivity index (χ1v) is 11.8. The molecule has 2 aromatic heterocycles. The van der Waals surface area contributed by atoms with Crippen LogP contribution in [0.5, 0.6) is 5.75 Å². The van der Waals surface area contributed by atoms with Gasteiger partial charge in [-0.1, -0.05) is 59.6 Å². The standard InChI is InChI=1S/C24H16Cl2N2O2S2/c25-15-10-11-17(19(26)14-15)21-22-27(12-13-30-16-6-2-1-3-7-16)23(29)18-8-4-5-9-20(18)28(22)24(31)32-21/h1-11,14H,12-13H2. The minimum absolute atomic E-state index is 0.101. The third-order valence-electron chi connectivity index (χ3n) is 5.17. The average Bonchev–Trinajstić information content (AvgIpc) is 3.13. The monoisotopic (exact) mass is 498 g/mol. The molecule has 32 heavy (non-hydrogen) atoms. The van der Waals surface area contributed by atoms with E-state index < -0.39 is 0 Å². The summed E-state index contributed by atoms with van der Waals surface area (Å²) in [6, 6.07) is 22.3. The van der Waals surface area contributed by atoms with Crippen LogP contribution in [0.1, 0.15) is 0 Å². The highest BCUT2D eigenvalue weighted by Gasteiger charge is 2.19. The van der Waals surface area contributed by atoms with Gasteiger partial charge >= 0.3 is 0 Å². The second-order valence-electron chi connectivity index (χ2n) is 7.12. The smallest absolute Gasteiger partial charge is 0.261 e. The van der Waals surface area contributed by atoms with Gasteiger partial charge in [0.2, 0.25) is 0 Å². The molecular formula is C24H16Cl2N2O2S2. The van der Waals surface area contributed by atoms with Gasteiger partial charge in [0, 0.05) is 10.6 Å². The molecule has 2 heterocycles. The summed E-state index contributed by atoms with van der Waals surface area (Å²) in [5.74, 6) is 0.750. The van der Waals surface area contributed by atoms with Crippen LogP contribution in [0.15, 0.2) is 77.6 Å². The lowest BCUT2D eigenvalue weighted by Gasteiger charge is -2.14. The summed E-state index contributed by atoms with van der Waals surface area (Å²) in [4.78, 5) is 14.3. The fraction of sp³-hybridized carbons (Fsp3) is 0.0833. The van der Waals surface area contributed by atoms with E-state index in [-0.39, 0.29) is 5.56 Å². The maximum absolute atomic E-state index is 13.5. The molecule has 0 spiro atoms. The zero-order chi connectivity index (χ0) is 22.2. The Hall–Kier alpha value is -2.64. The summed E-state index contributed by atoms with van der Waals surface area (Å²) >= 11 is 19.8. The van der Waals surface area contributed by atoms with E-state index in [2.05, 4.69) is 0 Å². The van der Waals surface area contributed by atoms with Gasteiger partial charge in [-0.15, -0.1) is 11.3 Å². The average molecular weight is 499 g/mol. The fourth-order valence-electron chi connectivity index (χ4n) is 3.74. The van der Waals surface area contributed by atoms with Crippen LogP contribution >= 0.6 is 46.8 Å². The van der Waals surface area contributed by atoms with Crippen LogP contribution in [0.3, 0.4) is 0 Å². The molecule has 0 aliphatic heterocycles. The molecule has 0 aliphatic rings. The van der Waals surface area contributed by atoms with E-state index in [0.29, 0.717) is 38.2 Å². The molecule has 0 N–H and O–H groups in total. The molecule has 0 bridgehead atoms. The first-order chi connectivity index (χ1) is 15.5. The van der Waals surface area contributed by atoms with E-state index >= 15 is 0 Å². The second-order valence-corrected chi connectivity index (χ2v) is 9.60. The molecule has 0 saturated heterocycles. The molecule has 8 heteroatoms. The molecule has 0 amide bonds. The van der Waals surface area contributed by atoms with E-state index in [0.717, 1.165) is 21.7 Å². The van der Waals surface area contributed by atoms with E-state index in [4.69, 9.17) is 40.2 Å². The van der Waals surface area contributed by atoms with Gasteiger partial charge in [0.05, 0.1) is 27.3 Å². The van der Waals surface area contributed by atoms with Crippen molar-refractivity contribution < 1.29 is 4.74 Å².